The predicted octanol–water partition coefficient (Wildman–Crippen LogP) is 2.75. The number of carboxylic acid groups (broad SMARTS) is 1. The van der Waals surface area contributed by atoms with Gasteiger partial charge in [-0.05, 0) is 24.2 Å². The van der Waals surface area contributed by atoms with Gasteiger partial charge in [-0.25, -0.2) is 4.79 Å². The van der Waals surface area contributed by atoms with Crippen molar-refractivity contribution >= 4 is 17.7 Å². The maximum atomic E-state index is 10.8. The molecular formula is C9H16O2S. The van der Waals surface area contributed by atoms with Gasteiger partial charge >= 0.3 is 5.97 Å². The van der Waals surface area contributed by atoms with Crippen LogP contribution in [0.4, 0.5) is 0 Å². The number of hydrogen-bond acceptors (Lipinski definition) is 2. The van der Waals surface area contributed by atoms with Crippen LogP contribution in [0.1, 0.15) is 27.7 Å². The molecule has 70 valence electrons. The third kappa shape index (κ3) is 3.30. The smallest absolute Gasteiger partial charge is 0.342 e. The summed E-state index contributed by atoms with van der Waals surface area (Å²) >= 11 is 1.40. The fraction of sp³-hybridized carbons (Fsp3) is 0.667. The fourth-order valence-corrected chi connectivity index (χ4v) is 1.63. The van der Waals surface area contributed by atoms with Crippen LogP contribution < -0.4 is 0 Å². The highest BCUT2D eigenvalue weighted by atomic mass is 32.2. The molecule has 0 amide bonds. The van der Waals surface area contributed by atoms with E-state index in [1.807, 2.05) is 27.7 Å². The monoisotopic (exact) mass is 188 g/mol. The number of aliphatic carboxylic acids is 1. The summed E-state index contributed by atoms with van der Waals surface area (Å²) < 4.78 is 0. The molecule has 0 spiro atoms. The molecule has 0 heterocycles. The molecule has 0 unspecified atom stereocenters. The summed E-state index contributed by atoms with van der Waals surface area (Å²) in [6.07, 6.45) is 0. The lowest BCUT2D eigenvalue weighted by Crippen LogP contribution is -2.04. The third-order valence-electron chi connectivity index (χ3n) is 1.71. The Hall–Kier alpha value is -0.440. The Bertz CT molecular complexity index is 195. The van der Waals surface area contributed by atoms with Crippen molar-refractivity contribution in [1.29, 1.82) is 0 Å². The SMILES string of the molecule is CCS/C(C(=O)O)=C(/C)C(C)C. The minimum atomic E-state index is -0.798. The Kier molecular flexibility index (Phi) is 5.06. The van der Waals surface area contributed by atoms with Gasteiger partial charge in [-0.3, -0.25) is 0 Å². The van der Waals surface area contributed by atoms with Crippen molar-refractivity contribution in [3.05, 3.63) is 10.5 Å². The van der Waals surface area contributed by atoms with Gasteiger partial charge in [0, 0.05) is 0 Å². The average Bonchev–Trinajstić information content (AvgIpc) is 1.98. The molecule has 0 aliphatic heterocycles. The summed E-state index contributed by atoms with van der Waals surface area (Å²) in [5.74, 6) is 0.328. The summed E-state index contributed by atoms with van der Waals surface area (Å²) in [5.41, 5.74) is 0.967. The van der Waals surface area contributed by atoms with Crippen molar-refractivity contribution in [3.8, 4) is 0 Å². The molecule has 0 bridgehead atoms. The molecule has 0 saturated heterocycles. The minimum absolute atomic E-state index is 0.315. The second-order valence-electron chi connectivity index (χ2n) is 2.91. The van der Waals surface area contributed by atoms with Crippen LogP contribution in [-0.2, 0) is 4.79 Å². The molecule has 0 atom stereocenters. The first-order chi connectivity index (χ1) is 5.50. The van der Waals surface area contributed by atoms with Crippen LogP contribution in [0.5, 0.6) is 0 Å². The van der Waals surface area contributed by atoms with Gasteiger partial charge in [0.05, 0.1) is 4.91 Å². The molecular weight excluding hydrogens is 172 g/mol. The van der Waals surface area contributed by atoms with Crippen LogP contribution in [0.3, 0.4) is 0 Å². The Morgan fingerprint density at radius 2 is 2.00 bits per heavy atom. The quantitative estimate of drug-likeness (QED) is 0.689. The van der Waals surface area contributed by atoms with E-state index in [1.165, 1.54) is 11.8 Å². The standard InChI is InChI=1S/C9H16O2S/c1-5-12-8(9(10)11)7(4)6(2)3/h6H,5H2,1-4H3,(H,10,11)/b8-7-. The average molecular weight is 188 g/mol. The van der Waals surface area contributed by atoms with Gasteiger partial charge in [-0.2, -0.15) is 0 Å². The van der Waals surface area contributed by atoms with Gasteiger partial charge in [-0.1, -0.05) is 20.8 Å². The van der Waals surface area contributed by atoms with Crippen molar-refractivity contribution in [2.24, 2.45) is 5.92 Å². The summed E-state index contributed by atoms with van der Waals surface area (Å²) in [6, 6.07) is 0. The maximum absolute atomic E-state index is 10.8. The van der Waals surface area contributed by atoms with E-state index in [4.69, 9.17) is 5.11 Å². The number of carbonyl (C=O) groups is 1. The first-order valence-electron chi connectivity index (χ1n) is 4.07. The zero-order valence-corrected chi connectivity index (χ0v) is 8.86. The number of rotatable bonds is 4. The first-order valence-corrected chi connectivity index (χ1v) is 5.06. The largest absolute Gasteiger partial charge is 0.477 e. The number of carboxylic acids is 1. The van der Waals surface area contributed by atoms with Crippen molar-refractivity contribution in [1.82, 2.24) is 0 Å². The Morgan fingerprint density at radius 1 is 1.50 bits per heavy atom. The van der Waals surface area contributed by atoms with E-state index in [9.17, 15) is 4.79 Å². The Balaban J connectivity index is 4.67. The highest BCUT2D eigenvalue weighted by Gasteiger charge is 2.12. The molecule has 3 heteroatoms. The summed E-state index contributed by atoms with van der Waals surface area (Å²) in [5, 5.41) is 8.84. The van der Waals surface area contributed by atoms with Crippen molar-refractivity contribution < 1.29 is 9.90 Å². The van der Waals surface area contributed by atoms with Crippen molar-refractivity contribution in [2.45, 2.75) is 27.7 Å². The molecule has 0 aromatic heterocycles. The highest BCUT2D eigenvalue weighted by Crippen LogP contribution is 2.24. The van der Waals surface area contributed by atoms with E-state index in [-0.39, 0.29) is 0 Å². The van der Waals surface area contributed by atoms with E-state index in [0.29, 0.717) is 10.8 Å². The van der Waals surface area contributed by atoms with Gasteiger partial charge in [0.25, 0.3) is 0 Å². The zero-order valence-electron chi connectivity index (χ0n) is 8.05. The van der Waals surface area contributed by atoms with E-state index in [2.05, 4.69) is 0 Å². The van der Waals surface area contributed by atoms with Gasteiger partial charge in [0.1, 0.15) is 0 Å². The number of thioether (sulfide) groups is 1. The van der Waals surface area contributed by atoms with E-state index < -0.39 is 5.97 Å². The molecule has 0 radical (unpaired) electrons. The molecule has 2 nitrogen and oxygen atoms in total. The van der Waals surface area contributed by atoms with Crippen molar-refractivity contribution in [3.63, 3.8) is 0 Å². The molecule has 12 heavy (non-hydrogen) atoms. The Labute approximate surface area is 78.0 Å². The predicted molar refractivity (Wildman–Crippen MR) is 53.3 cm³/mol. The molecule has 0 saturated carbocycles. The van der Waals surface area contributed by atoms with Crippen LogP contribution in [-0.4, -0.2) is 16.8 Å². The minimum Gasteiger partial charge on any atom is -0.477 e. The first kappa shape index (κ1) is 11.6. The van der Waals surface area contributed by atoms with Crippen LogP contribution in [0.25, 0.3) is 0 Å². The third-order valence-corrected chi connectivity index (χ3v) is 2.78. The fourth-order valence-electron chi connectivity index (χ4n) is 0.751. The van der Waals surface area contributed by atoms with Crippen molar-refractivity contribution in [2.75, 3.05) is 5.75 Å². The van der Waals surface area contributed by atoms with Crippen LogP contribution in [0.15, 0.2) is 10.5 Å². The topological polar surface area (TPSA) is 37.3 Å². The maximum Gasteiger partial charge on any atom is 0.342 e. The van der Waals surface area contributed by atoms with E-state index >= 15 is 0 Å². The molecule has 0 fully saturated rings. The van der Waals surface area contributed by atoms with Gasteiger partial charge in [-0.15, -0.1) is 11.8 Å². The normalized spacial score (nSPS) is 13.1. The zero-order chi connectivity index (χ0) is 9.72. The number of hydrogen-bond donors (Lipinski definition) is 1. The van der Waals surface area contributed by atoms with E-state index in [1.54, 1.807) is 0 Å². The van der Waals surface area contributed by atoms with Crippen LogP contribution in [0, 0.1) is 5.92 Å². The van der Waals surface area contributed by atoms with E-state index in [0.717, 1.165) is 11.3 Å². The van der Waals surface area contributed by atoms with Crippen LogP contribution in [0.2, 0.25) is 0 Å². The van der Waals surface area contributed by atoms with Gasteiger partial charge in [0.2, 0.25) is 0 Å². The van der Waals surface area contributed by atoms with Gasteiger partial charge in [0.15, 0.2) is 0 Å². The lowest BCUT2D eigenvalue weighted by atomic mass is 10.1. The molecule has 0 rings (SSSR count). The molecule has 0 aliphatic rings. The molecule has 1 N–H and O–H groups in total. The van der Waals surface area contributed by atoms with Gasteiger partial charge < -0.3 is 5.11 Å². The second-order valence-corrected chi connectivity index (χ2v) is 4.18. The van der Waals surface area contributed by atoms with Crippen LogP contribution >= 0.6 is 11.8 Å². The summed E-state index contributed by atoms with van der Waals surface area (Å²) in [4.78, 5) is 11.3. The molecule has 0 aromatic rings. The lowest BCUT2D eigenvalue weighted by molar-refractivity contribution is -0.131. The molecule has 0 aromatic carbocycles. The lowest BCUT2D eigenvalue weighted by Gasteiger charge is -2.09. The Morgan fingerprint density at radius 3 is 2.25 bits per heavy atom. The molecule has 0 aliphatic carbocycles. The number of allylic oxidation sites excluding steroid dienone is 1. The summed E-state index contributed by atoms with van der Waals surface area (Å²) in [7, 11) is 0. The summed E-state index contributed by atoms with van der Waals surface area (Å²) in [6.45, 7) is 7.86. The second kappa shape index (κ2) is 5.25. The highest BCUT2D eigenvalue weighted by molar-refractivity contribution is 8.03.